The zero-order valence-corrected chi connectivity index (χ0v) is 19.5. The number of likely N-dealkylation sites (N-methyl/N-ethyl adjacent to an activating group) is 1. The number of carbonyl (C=O) groups is 1. The first-order valence-corrected chi connectivity index (χ1v) is 11.3. The van der Waals surface area contributed by atoms with E-state index >= 15 is 0 Å². The highest BCUT2D eigenvalue weighted by atomic mass is 16.5. The fraction of sp³-hybridized carbons (Fsp3) is 0.250. The van der Waals surface area contributed by atoms with E-state index in [0.29, 0.717) is 13.0 Å². The molecular formula is C28H31N3O2. The lowest BCUT2D eigenvalue weighted by atomic mass is 10.0. The van der Waals surface area contributed by atoms with E-state index in [1.54, 1.807) is 7.11 Å². The van der Waals surface area contributed by atoms with E-state index in [-0.39, 0.29) is 11.9 Å². The molecule has 33 heavy (non-hydrogen) atoms. The third-order valence-electron chi connectivity index (χ3n) is 5.98. The highest BCUT2D eigenvalue weighted by Gasteiger charge is 2.17. The number of hydrogen-bond donors (Lipinski definition) is 2. The molecule has 0 saturated heterocycles. The summed E-state index contributed by atoms with van der Waals surface area (Å²) < 4.78 is 5.36. The Morgan fingerprint density at radius 2 is 1.82 bits per heavy atom. The number of anilines is 1. The summed E-state index contributed by atoms with van der Waals surface area (Å²) in [6, 6.07) is 24.6. The van der Waals surface area contributed by atoms with Crippen molar-refractivity contribution in [3.05, 3.63) is 95.7 Å². The topological polar surface area (TPSA) is 57.4 Å². The van der Waals surface area contributed by atoms with Gasteiger partial charge in [0.25, 0.3) is 0 Å². The number of rotatable bonds is 9. The molecule has 4 rings (SSSR count). The molecule has 2 N–H and O–H groups in total. The number of aromatic nitrogens is 1. The Hall–Kier alpha value is -3.73. The SMILES string of the molecule is COc1ccc2[nH]cc(CC(=O)N[C@@H](Cc3ccccc3)CN(C)c3ccc(C)cc3)c2c1. The number of amides is 1. The van der Waals surface area contributed by atoms with Crippen LogP contribution in [0, 0.1) is 6.92 Å². The molecule has 1 atom stereocenters. The van der Waals surface area contributed by atoms with E-state index in [4.69, 9.17) is 4.74 Å². The van der Waals surface area contributed by atoms with Gasteiger partial charge in [-0.05, 0) is 54.8 Å². The van der Waals surface area contributed by atoms with Crippen LogP contribution in [0.15, 0.2) is 79.0 Å². The number of nitrogens with zero attached hydrogens (tertiary/aromatic N) is 1. The largest absolute Gasteiger partial charge is 0.497 e. The Kier molecular flexibility index (Phi) is 6.98. The predicted octanol–water partition coefficient (Wildman–Crippen LogP) is 4.89. The third kappa shape index (κ3) is 5.75. The average Bonchev–Trinajstić information content (AvgIpc) is 3.21. The van der Waals surface area contributed by atoms with Crippen LogP contribution in [0.2, 0.25) is 0 Å². The maximum absolute atomic E-state index is 13.1. The normalized spacial score (nSPS) is 11.8. The Bertz CT molecular complexity index is 1200. The molecule has 1 heterocycles. The molecule has 5 heteroatoms. The maximum atomic E-state index is 13.1. The first-order chi connectivity index (χ1) is 16.0. The van der Waals surface area contributed by atoms with Crippen LogP contribution in [0.4, 0.5) is 5.69 Å². The summed E-state index contributed by atoms with van der Waals surface area (Å²) in [5.74, 6) is 0.794. The van der Waals surface area contributed by atoms with Crippen molar-refractivity contribution in [3.8, 4) is 5.75 Å². The highest BCUT2D eigenvalue weighted by Crippen LogP contribution is 2.24. The lowest BCUT2D eigenvalue weighted by Gasteiger charge is -2.27. The molecule has 0 saturated carbocycles. The average molecular weight is 442 g/mol. The number of carbonyl (C=O) groups excluding carboxylic acids is 1. The number of nitrogens with one attached hydrogen (secondary N) is 2. The molecular weight excluding hydrogens is 410 g/mol. The van der Waals surface area contributed by atoms with Crippen molar-refractivity contribution in [2.24, 2.45) is 0 Å². The van der Waals surface area contributed by atoms with Crippen LogP contribution in [0.3, 0.4) is 0 Å². The number of aryl methyl sites for hydroxylation is 1. The van der Waals surface area contributed by atoms with Crippen molar-refractivity contribution in [3.63, 3.8) is 0 Å². The summed E-state index contributed by atoms with van der Waals surface area (Å²) in [7, 11) is 3.72. The lowest BCUT2D eigenvalue weighted by Crippen LogP contribution is -2.44. The minimum Gasteiger partial charge on any atom is -0.497 e. The molecule has 3 aromatic carbocycles. The Labute approximate surface area is 195 Å². The summed E-state index contributed by atoms with van der Waals surface area (Å²) >= 11 is 0. The molecule has 1 amide bonds. The Balaban J connectivity index is 1.49. The zero-order valence-electron chi connectivity index (χ0n) is 19.5. The van der Waals surface area contributed by atoms with Crippen molar-refractivity contribution in [1.82, 2.24) is 10.3 Å². The molecule has 0 fully saturated rings. The quantitative estimate of drug-likeness (QED) is 0.389. The number of hydrogen-bond acceptors (Lipinski definition) is 3. The summed E-state index contributed by atoms with van der Waals surface area (Å²) in [5.41, 5.74) is 5.54. The van der Waals surface area contributed by atoms with Crippen LogP contribution in [-0.2, 0) is 17.6 Å². The van der Waals surface area contributed by atoms with E-state index in [1.165, 1.54) is 11.1 Å². The molecule has 4 aromatic rings. The van der Waals surface area contributed by atoms with Gasteiger partial charge < -0.3 is 19.9 Å². The summed E-state index contributed by atoms with van der Waals surface area (Å²) in [6.45, 7) is 2.80. The summed E-state index contributed by atoms with van der Waals surface area (Å²) in [6.07, 6.45) is 2.99. The van der Waals surface area contributed by atoms with Gasteiger partial charge in [-0.3, -0.25) is 4.79 Å². The highest BCUT2D eigenvalue weighted by molar-refractivity contribution is 5.89. The smallest absolute Gasteiger partial charge is 0.224 e. The van der Waals surface area contributed by atoms with Gasteiger partial charge in [0, 0.05) is 36.4 Å². The summed E-state index contributed by atoms with van der Waals surface area (Å²) in [5, 5.41) is 4.30. The maximum Gasteiger partial charge on any atom is 0.224 e. The van der Waals surface area contributed by atoms with Crippen molar-refractivity contribution in [2.75, 3.05) is 25.6 Å². The zero-order chi connectivity index (χ0) is 23.2. The van der Waals surface area contributed by atoms with Gasteiger partial charge in [0.05, 0.1) is 19.6 Å². The second kappa shape index (κ2) is 10.3. The number of ether oxygens (including phenoxy) is 1. The van der Waals surface area contributed by atoms with E-state index in [0.717, 1.165) is 34.3 Å². The number of H-pyrrole nitrogens is 1. The van der Waals surface area contributed by atoms with Crippen LogP contribution < -0.4 is 15.0 Å². The van der Waals surface area contributed by atoms with E-state index in [1.807, 2.05) is 42.6 Å². The van der Waals surface area contributed by atoms with Crippen molar-refractivity contribution >= 4 is 22.5 Å². The van der Waals surface area contributed by atoms with Crippen molar-refractivity contribution in [2.45, 2.75) is 25.8 Å². The molecule has 0 unspecified atom stereocenters. The first-order valence-electron chi connectivity index (χ1n) is 11.3. The Morgan fingerprint density at radius 3 is 2.55 bits per heavy atom. The second-order valence-electron chi connectivity index (χ2n) is 8.57. The molecule has 5 nitrogen and oxygen atoms in total. The number of methoxy groups -OCH3 is 1. The van der Waals surface area contributed by atoms with Gasteiger partial charge in [0.1, 0.15) is 5.75 Å². The van der Waals surface area contributed by atoms with E-state index < -0.39 is 0 Å². The molecule has 0 aliphatic heterocycles. The molecule has 0 aliphatic carbocycles. The lowest BCUT2D eigenvalue weighted by molar-refractivity contribution is -0.121. The van der Waals surface area contributed by atoms with Gasteiger partial charge >= 0.3 is 0 Å². The van der Waals surface area contributed by atoms with Gasteiger partial charge in [0.15, 0.2) is 0 Å². The van der Waals surface area contributed by atoms with Crippen LogP contribution in [0.25, 0.3) is 10.9 Å². The van der Waals surface area contributed by atoms with Gasteiger partial charge in [-0.1, -0.05) is 48.0 Å². The van der Waals surface area contributed by atoms with Crippen molar-refractivity contribution < 1.29 is 9.53 Å². The Morgan fingerprint density at radius 1 is 1.06 bits per heavy atom. The van der Waals surface area contributed by atoms with Gasteiger partial charge in [0.2, 0.25) is 5.91 Å². The fourth-order valence-electron chi connectivity index (χ4n) is 4.18. The second-order valence-corrected chi connectivity index (χ2v) is 8.57. The molecule has 0 radical (unpaired) electrons. The van der Waals surface area contributed by atoms with Gasteiger partial charge in [-0.25, -0.2) is 0 Å². The number of aromatic amines is 1. The number of benzene rings is 3. The van der Waals surface area contributed by atoms with Crippen LogP contribution >= 0.6 is 0 Å². The summed E-state index contributed by atoms with van der Waals surface area (Å²) in [4.78, 5) is 18.5. The molecule has 0 spiro atoms. The minimum atomic E-state index is -0.0223. The standard InChI is InChI=1S/C28H31N3O2/c1-20-9-11-24(12-10-20)31(2)19-23(15-21-7-5-4-6-8-21)30-28(32)16-22-18-29-27-14-13-25(33-3)17-26(22)27/h4-14,17-18,23,29H,15-16,19H2,1-3H3,(H,30,32)/t23-/m0/s1. The van der Waals surface area contributed by atoms with Crippen molar-refractivity contribution in [1.29, 1.82) is 0 Å². The molecule has 170 valence electrons. The molecule has 1 aromatic heterocycles. The number of fused-ring (bicyclic) bond motifs is 1. The van der Waals surface area contributed by atoms with Gasteiger partial charge in [-0.15, -0.1) is 0 Å². The van der Waals surface area contributed by atoms with Crippen LogP contribution in [-0.4, -0.2) is 37.6 Å². The monoisotopic (exact) mass is 441 g/mol. The van der Waals surface area contributed by atoms with E-state index in [2.05, 4.69) is 65.6 Å². The molecule has 0 bridgehead atoms. The first kappa shape index (κ1) is 22.5. The minimum absolute atomic E-state index is 0.0111. The third-order valence-corrected chi connectivity index (χ3v) is 5.98. The van der Waals surface area contributed by atoms with Crippen LogP contribution in [0.5, 0.6) is 5.75 Å². The van der Waals surface area contributed by atoms with Gasteiger partial charge in [-0.2, -0.15) is 0 Å². The van der Waals surface area contributed by atoms with E-state index in [9.17, 15) is 4.79 Å². The van der Waals surface area contributed by atoms with Crippen LogP contribution in [0.1, 0.15) is 16.7 Å². The predicted molar refractivity (Wildman–Crippen MR) is 135 cm³/mol. The fourth-order valence-corrected chi connectivity index (χ4v) is 4.18. The molecule has 0 aliphatic rings.